The van der Waals surface area contributed by atoms with Crippen molar-refractivity contribution in [2.24, 2.45) is 5.10 Å². The molecule has 9 nitrogen and oxygen atoms in total. The third-order valence-electron chi connectivity index (χ3n) is 5.71. The van der Waals surface area contributed by atoms with Crippen LogP contribution in [0.3, 0.4) is 0 Å². The number of para-hydroxylation sites is 1. The van der Waals surface area contributed by atoms with Crippen LogP contribution >= 0.6 is 0 Å². The number of benzene rings is 4. The predicted molar refractivity (Wildman–Crippen MR) is 144 cm³/mol. The molecule has 0 aliphatic rings. The highest BCUT2D eigenvalue weighted by molar-refractivity contribution is 6.39. The molecule has 0 heterocycles. The molecule has 4 aromatic rings. The van der Waals surface area contributed by atoms with E-state index in [9.17, 15) is 14.4 Å². The Morgan fingerprint density at radius 3 is 2.26 bits per heavy atom. The molecule has 0 atom stereocenters. The van der Waals surface area contributed by atoms with Gasteiger partial charge in [-0.05, 0) is 53.6 Å². The van der Waals surface area contributed by atoms with Gasteiger partial charge in [0.25, 0.3) is 0 Å². The van der Waals surface area contributed by atoms with Crippen molar-refractivity contribution in [2.75, 3.05) is 19.5 Å². The number of hydrazone groups is 1. The Bertz CT molecular complexity index is 1550. The zero-order valence-electron chi connectivity index (χ0n) is 21.0. The van der Waals surface area contributed by atoms with Crippen LogP contribution in [0.5, 0.6) is 17.2 Å². The van der Waals surface area contributed by atoms with E-state index in [0.29, 0.717) is 22.7 Å². The zero-order chi connectivity index (χ0) is 27.1. The van der Waals surface area contributed by atoms with Gasteiger partial charge in [0.1, 0.15) is 5.75 Å². The molecule has 0 aromatic heterocycles. The lowest BCUT2D eigenvalue weighted by molar-refractivity contribution is -0.136. The Morgan fingerprint density at radius 2 is 1.50 bits per heavy atom. The second kappa shape index (κ2) is 11.7. The van der Waals surface area contributed by atoms with Gasteiger partial charge in [-0.1, -0.05) is 48.5 Å². The standard InChI is InChI=1S/C29H25N3O6/c1-18-8-4-7-11-23(18)31-27(33)28(34)32-30-17-22-21-10-6-5-9-19(21)12-14-24(22)38-29(35)20-13-15-25(36-2)26(16-20)37-3/h4-17H,1-3H3,(H,31,33)(H,32,34)/b30-17+. The van der Waals surface area contributed by atoms with E-state index in [4.69, 9.17) is 14.2 Å². The molecule has 0 unspecified atom stereocenters. The molecule has 2 N–H and O–H groups in total. The second-order valence-electron chi connectivity index (χ2n) is 8.13. The normalized spacial score (nSPS) is 10.7. The fourth-order valence-electron chi connectivity index (χ4n) is 3.72. The lowest BCUT2D eigenvalue weighted by Crippen LogP contribution is -2.32. The molecule has 0 radical (unpaired) electrons. The van der Waals surface area contributed by atoms with Gasteiger partial charge in [0.05, 0.1) is 26.0 Å². The highest BCUT2D eigenvalue weighted by atomic mass is 16.5. The molecule has 0 bridgehead atoms. The molecule has 0 aliphatic heterocycles. The maximum atomic E-state index is 13.0. The van der Waals surface area contributed by atoms with E-state index in [1.165, 1.54) is 26.5 Å². The van der Waals surface area contributed by atoms with Crippen molar-refractivity contribution in [3.8, 4) is 17.2 Å². The van der Waals surface area contributed by atoms with Crippen LogP contribution in [-0.2, 0) is 9.59 Å². The molecular formula is C29H25N3O6. The summed E-state index contributed by atoms with van der Waals surface area (Å²) in [5.41, 5.74) is 4.25. The zero-order valence-corrected chi connectivity index (χ0v) is 21.0. The minimum atomic E-state index is -0.950. The van der Waals surface area contributed by atoms with Gasteiger partial charge in [0.2, 0.25) is 0 Å². The average molecular weight is 512 g/mol. The molecule has 0 spiro atoms. The summed E-state index contributed by atoms with van der Waals surface area (Å²) in [6, 6.07) is 22.6. The first-order valence-corrected chi connectivity index (χ1v) is 11.6. The van der Waals surface area contributed by atoms with Gasteiger partial charge in [0.15, 0.2) is 11.5 Å². The fourth-order valence-corrected chi connectivity index (χ4v) is 3.72. The van der Waals surface area contributed by atoms with Crippen molar-refractivity contribution in [3.63, 3.8) is 0 Å². The van der Waals surface area contributed by atoms with Crippen LogP contribution in [0.4, 0.5) is 5.69 Å². The summed E-state index contributed by atoms with van der Waals surface area (Å²) in [5.74, 6) is -1.37. The van der Waals surface area contributed by atoms with E-state index in [0.717, 1.165) is 16.3 Å². The summed E-state index contributed by atoms with van der Waals surface area (Å²) >= 11 is 0. The van der Waals surface area contributed by atoms with Gasteiger partial charge >= 0.3 is 17.8 Å². The first-order valence-electron chi connectivity index (χ1n) is 11.6. The predicted octanol–water partition coefficient (Wildman–Crippen LogP) is 4.47. The number of ether oxygens (including phenoxy) is 3. The number of methoxy groups -OCH3 is 2. The van der Waals surface area contributed by atoms with Crippen LogP contribution < -0.4 is 25.0 Å². The quantitative estimate of drug-likeness (QED) is 0.124. The minimum Gasteiger partial charge on any atom is -0.493 e. The van der Waals surface area contributed by atoms with Gasteiger partial charge in [-0.2, -0.15) is 5.10 Å². The average Bonchev–Trinajstić information content (AvgIpc) is 2.94. The highest BCUT2D eigenvalue weighted by Gasteiger charge is 2.17. The Balaban J connectivity index is 1.56. The number of esters is 1. The van der Waals surface area contributed by atoms with Crippen LogP contribution in [-0.4, -0.2) is 38.2 Å². The number of amides is 2. The number of carbonyl (C=O) groups is 3. The molecule has 0 aliphatic carbocycles. The maximum absolute atomic E-state index is 13.0. The number of hydrogen-bond donors (Lipinski definition) is 2. The minimum absolute atomic E-state index is 0.214. The molecular weight excluding hydrogens is 486 g/mol. The van der Waals surface area contributed by atoms with E-state index in [1.807, 2.05) is 43.3 Å². The summed E-state index contributed by atoms with van der Waals surface area (Å²) in [6.07, 6.45) is 1.33. The summed E-state index contributed by atoms with van der Waals surface area (Å²) in [5, 5.41) is 8.10. The SMILES string of the molecule is COc1ccc(C(=O)Oc2ccc3ccccc3c2/C=N/NC(=O)C(=O)Nc2ccccc2C)cc1OC. The van der Waals surface area contributed by atoms with E-state index in [1.54, 1.807) is 36.4 Å². The van der Waals surface area contributed by atoms with Gasteiger partial charge in [-0.25, -0.2) is 10.2 Å². The van der Waals surface area contributed by atoms with Crippen molar-refractivity contribution in [2.45, 2.75) is 6.92 Å². The number of rotatable bonds is 7. The summed E-state index contributed by atoms with van der Waals surface area (Å²) in [6.45, 7) is 1.82. The van der Waals surface area contributed by atoms with Gasteiger partial charge in [-0.3, -0.25) is 9.59 Å². The number of nitrogens with one attached hydrogen (secondary N) is 2. The summed E-state index contributed by atoms with van der Waals surface area (Å²) in [7, 11) is 2.97. The summed E-state index contributed by atoms with van der Waals surface area (Å²) < 4.78 is 16.2. The summed E-state index contributed by atoms with van der Waals surface area (Å²) in [4.78, 5) is 37.6. The lowest BCUT2D eigenvalue weighted by Gasteiger charge is -2.12. The van der Waals surface area contributed by atoms with Crippen LogP contribution in [0.2, 0.25) is 0 Å². The first kappa shape index (κ1) is 25.9. The molecule has 192 valence electrons. The number of aryl methyl sites for hydroxylation is 1. The number of hydrogen-bond acceptors (Lipinski definition) is 7. The monoisotopic (exact) mass is 511 g/mol. The Hall–Kier alpha value is -5.18. The van der Waals surface area contributed by atoms with Crippen molar-refractivity contribution in [3.05, 3.63) is 95.6 Å². The molecule has 0 fully saturated rings. The number of anilines is 1. The molecule has 9 heteroatoms. The van der Waals surface area contributed by atoms with Crippen LogP contribution in [0, 0.1) is 6.92 Å². The van der Waals surface area contributed by atoms with Crippen LogP contribution in [0.25, 0.3) is 10.8 Å². The maximum Gasteiger partial charge on any atom is 0.343 e. The smallest absolute Gasteiger partial charge is 0.343 e. The third-order valence-corrected chi connectivity index (χ3v) is 5.71. The van der Waals surface area contributed by atoms with Crippen molar-refractivity contribution in [1.29, 1.82) is 0 Å². The largest absolute Gasteiger partial charge is 0.493 e. The topological polar surface area (TPSA) is 115 Å². The van der Waals surface area contributed by atoms with E-state index >= 15 is 0 Å². The fraction of sp³-hybridized carbons (Fsp3) is 0.103. The number of fused-ring (bicyclic) bond motifs is 1. The van der Waals surface area contributed by atoms with E-state index in [-0.39, 0.29) is 11.3 Å². The third kappa shape index (κ3) is 5.79. The highest BCUT2D eigenvalue weighted by Crippen LogP contribution is 2.30. The van der Waals surface area contributed by atoms with Crippen LogP contribution in [0.15, 0.2) is 84.0 Å². The Labute approximate surface area is 219 Å². The van der Waals surface area contributed by atoms with E-state index in [2.05, 4.69) is 15.8 Å². The van der Waals surface area contributed by atoms with Crippen LogP contribution in [0.1, 0.15) is 21.5 Å². The molecule has 0 saturated heterocycles. The van der Waals surface area contributed by atoms with E-state index < -0.39 is 17.8 Å². The molecule has 38 heavy (non-hydrogen) atoms. The molecule has 2 amide bonds. The molecule has 4 rings (SSSR count). The van der Waals surface area contributed by atoms with Gasteiger partial charge < -0.3 is 19.5 Å². The van der Waals surface area contributed by atoms with Crippen molar-refractivity contribution in [1.82, 2.24) is 5.43 Å². The molecule has 4 aromatic carbocycles. The Kier molecular flexibility index (Phi) is 7.98. The van der Waals surface area contributed by atoms with Crippen molar-refractivity contribution >= 4 is 40.5 Å². The van der Waals surface area contributed by atoms with Crippen molar-refractivity contribution < 1.29 is 28.6 Å². The molecule has 0 saturated carbocycles. The number of nitrogens with zero attached hydrogens (tertiary/aromatic N) is 1. The van der Waals surface area contributed by atoms with Gasteiger partial charge in [0, 0.05) is 11.3 Å². The second-order valence-corrected chi connectivity index (χ2v) is 8.13. The Morgan fingerprint density at radius 1 is 0.789 bits per heavy atom. The van der Waals surface area contributed by atoms with Gasteiger partial charge in [-0.15, -0.1) is 0 Å². The lowest BCUT2D eigenvalue weighted by atomic mass is 10.0. The first-order chi connectivity index (χ1) is 18.4. The number of carbonyl (C=O) groups excluding carboxylic acids is 3.